The van der Waals surface area contributed by atoms with E-state index in [1.54, 1.807) is 0 Å². The van der Waals surface area contributed by atoms with E-state index in [-0.39, 0.29) is 12.6 Å². The maximum atomic E-state index is 12.1. The first kappa shape index (κ1) is 16.5. The summed E-state index contributed by atoms with van der Waals surface area (Å²) in [6.07, 6.45) is 6.89. The molecule has 1 saturated carbocycles. The molecule has 0 radical (unpaired) electrons. The van der Waals surface area contributed by atoms with Gasteiger partial charge in [0, 0.05) is 6.20 Å². The molecule has 1 heterocycles. The Bertz CT molecular complexity index is 650. The van der Waals surface area contributed by atoms with Crippen LogP contribution in [0.5, 0.6) is 0 Å². The zero-order valence-corrected chi connectivity index (χ0v) is 13.7. The SMILES string of the molecule is O=C(NCc1ccn(C2CCCC2)n1)N[C@H](CO)c1ccccc1. The fourth-order valence-corrected chi connectivity index (χ4v) is 3.14. The van der Waals surface area contributed by atoms with Crippen molar-refractivity contribution in [1.82, 2.24) is 20.4 Å². The third-order valence-corrected chi connectivity index (χ3v) is 4.48. The lowest BCUT2D eigenvalue weighted by Gasteiger charge is -2.17. The molecule has 2 amide bonds. The molecule has 0 aliphatic heterocycles. The molecule has 128 valence electrons. The first-order chi connectivity index (χ1) is 11.8. The number of benzene rings is 1. The van der Waals surface area contributed by atoms with Gasteiger partial charge >= 0.3 is 6.03 Å². The van der Waals surface area contributed by atoms with Crippen LogP contribution in [0.3, 0.4) is 0 Å². The van der Waals surface area contributed by atoms with Gasteiger partial charge < -0.3 is 15.7 Å². The lowest BCUT2D eigenvalue weighted by molar-refractivity contribution is 0.216. The Morgan fingerprint density at radius 3 is 2.71 bits per heavy atom. The number of hydrogen-bond acceptors (Lipinski definition) is 3. The molecule has 1 aliphatic carbocycles. The van der Waals surface area contributed by atoms with E-state index >= 15 is 0 Å². The van der Waals surface area contributed by atoms with E-state index in [4.69, 9.17) is 0 Å². The first-order valence-electron chi connectivity index (χ1n) is 8.50. The molecular formula is C18H24N4O2. The monoisotopic (exact) mass is 328 g/mol. The van der Waals surface area contributed by atoms with Crippen LogP contribution in [0, 0.1) is 0 Å². The van der Waals surface area contributed by atoms with Gasteiger partial charge in [0.05, 0.1) is 30.9 Å². The average Bonchev–Trinajstić information content (AvgIpc) is 3.29. The molecule has 1 aromatic heterocycles. The summed E-state index contributed by atoms with van der Waals surface area (Å²) in [4.78, 5) is 12.1. The molecule has 0 bridgehead atoms. The number of amides is 2. The van der Waals surface area contributed by atoms with Crippen molar-refractivity contribution in [2.24, 2.45) is 0 Å². The second-order valence-electron chi connectivity index (χ2n) is 6.20. The Morgan fingerprint density at radius 1 is 1.25 bits per heavy atom. The van der Waals surface area contributed by atoms with Crippen LogP contribution in [0.2, 0.25) is 0 Å². The van der Waals surface area contributed by atoms with Gasteiger partial charge in [0.25, 0.3) is 0 Å². The third-order valence-electron chi connectivity index (χ3n) is 4.48. The van der Waals surface area contributed by atoms with E-state index < -0.39 is 6.04 Å². The van der Waals surface area contributed by atoms with Gasteiger partial charge in [0.1, 0.15) is 0 Å². The molecule has 0 spiro atoms. The normalized spacial score (nSPS) is 16.0. The van der Waals surface area contributed by atoms with Gasteiger partial charge in [-0.3, -0.25) is 4.68 Å². The van der Waals surface area contributed by atoms with Crippen LogP contribution in [-0.4, -0.2) is 27.5 Å². The minimum atomic E-state index is -0.415. The lowest BCUT2D eigenvalue weighted by Crippen LogP contribution is -2.39. The van der Waals surface area contributed by atoms with Gasteiger partial charge in [0.15, 0.2) is 0 Å². The minimum absolute atomic E-state index is 0.145. The number of hydrogen-bond donors (Lipinski definition) is 3. The van der Waals surface area contributed by atoms with Crippen LogP contribution in [0.1, 0.15) is 49.0 Å². The predicted molar refractivity (Wildman–Crippen MR) is 91.4 cm³/mol. The molecule has 1 atom stereocenters. The van der Waals surface area contributed by atoms with E-state index in [9.17, 15) is 9.90 Å². The average molecular weight is 328 g/mol. The van der Waals surface area contributed by atoms with Crippen molar-refractivity contribution >= 4 is 6.03 Å². The second-order valence-corrected chi connectivity index (χ2v) is 6.20. The maximum Gasteiger partial charge on any atom is 0.315 e. The number of carbonyl (C=O) groups excluding carboxylic acids is 1. The zero-order chi connectivity index (χ0) is 16.8. The maximum absolute atomic E-state index is 12.1. The number of rotatable bonds is 6. The van der Waals surface area contributed by atoms with Crippen LogP contribution in [0.25, 0.3) is 0 Å². The Kier molecular flexibility index (Phi) is 5.48. The molecule has 1 fully saturated rings. The summed E-state index contributed by atoms with van der Waals surface area (Å²) >= 11 is 0. The molecule has 2 aromatic rings. The summed E-state index contributed by atoms with van der Waals surface area (Å²) in [7, 11) is 0. The highest BCUT2D eigenvalue weighted by Gasteiger charge is 2.18. The molecule has 24 heavy (non-hydrogen) atoms. The van der Waals surface area contributed by atoms with E-state index in [1.165, 1.54) is 25.7 Å². The van der Waals surface area contributed by atoms with Crippen molar-refractivity contribution in [3.8, 4) is 0 Å². The van der Waals surface area contributed by atoms with Crippen LogP contribution >= 0.6 is 0 Å². The largest absolute Gasteiger partial charge is 0.394 e. The molecule has 1 aliphatic rings. The fraction of sp³-hybridized carbons (Fsp3) is 0.444. The summed E-state index contributed by atoms with van der Waals surface area (Å²) in [6, 6.07) is 11.1. The summed E-state index contributed by atoms with van der Waals surface area (Å²) in [5, 5.41) is 19.6. The topological polar surface area (TPSA) is 79.2 Å². The standard InChI is InChI=1S/C18H24N4O2/c23-13-17(14-6-2-1-3-7-14)20-18(24)19-12-15-10-11-22(21-15)16-8-4-5-9-16/h1-3,6-7,10-11,16-17,23H,4-5,8-9,12-13H2,(H2,19,20,24)/t17-/m1/s1. The van der Waals surface area contributed by atoms with Gasteiger partial charge in [-0.25, -0.2) is 4.79 Å². The first-order valence-corrected chi connectivity index (χ1v) is 8.50. The molecule has 6 heteroatoms. The van der Waals surface area contributed by atoms with Crippen LogP contribution in [-0.2, 0) is 6.54 Å². The van der Waals surface area contributed by atoms with Crippen molar-refractivity contribution in [3.05, 3.63) is 53.9 Å². The predicted octanol–water partition coefficient (Wildman–Crippen LogP) is 2.53. The lowest BCUT2D eigenvalue weighted by atomic mass is 10.1. The Balaban J connectivity index is 1.50. The zero-order valence-electron chi connectivity index (χ0n) is 13.7. The molecule has 6 nitrogen and oxygen atoms in total. The van der Waals surface area contributed by atoms with Crippen molar-refractivity contribution in [2.75, 3.05) is 6.61 Å². The van der Waals surface area contributed by atoms with Crippen molar-refractivity contribution in [1.29, 1.82) is 0 Å². The highest BCUT2D eigenvalue weighted by atomic mass is 16.3. The van der Waals surface area contributed by atoms with Gasteiger partial charge in [0.2, 0.25) is 0 Å². The third kappa shape index (κ3) is 4.14. The highest BCUT2D eigenvalue weighted by molar-refractivity contribution is 5.74. The van der Waals surface area contributed by atoms with Crippen LogP contribution < -0.4 is 10.6 Å². The van der Waals surface area contributed by atoms with Crippen molar-refractivity contribution in [3.63, 3.8) is 0 Å². The Labute approximate surface area is 141 Å². The molecule has 1 aromatic carbocycles. The summed E-state index contributed by atoms with van der Waals surface area (Å²) < 4.78 is 2.02. The van der Waals surface area contributed by atoms with E-state index in [0.29, 0.717) is 12.6 Å². The summed E-state index contributed by atoms with van der Waals surface area (Å²) in [5.41, 5.74) is 1.72. The molecular weight excluding hydrogens is 304 g/mol. The highest BCUT2D eigenvalue weighted by Crippen LogP contribution is 2.28. The molecule has 0 saturated heterocycles. The quantitative estimate of drug-likeness (QED) is 0.762. The van der Waals surface area contributed by atoms with Crippen LogP contribution in [0.15, 0.2) is 42.6 Å². The van der Waals surface area contributed by atoms with Gasteiger partial charge in [-0.05, 0) is 24.5 Å². The second kappa shape index (κ2) is 7.97. The fourth-order valence-electron chi connectivity index (χ4n) is 3.14. The number of aromatic nitrogens is 2. The van der Waals surface area contributed by atoms with Gasteiger partial charge in [-0.1, -0.05) is 43.2 Å². The van der Waals surface area contributed by atoms with Gasteiger partial charge in [-0.2, -0.15) is 5.10 Å². The number of urea groups is 1. The van der Waals surface area contributed by atoms with Crippen molar-refractivity contribution in [2.45, 2.75) is 44.3 Å². The number of aliphatic hydroxyl groups is 1. The van der Waals surface area contributed by atoms with Crippen LogP contribution in [0.4, 0.5) is 4.79 Å². The smallest absolute Gasteiger partial charge is 0.315 e. The van der Waals surface area contributed by atoms with E-state index in [2.05, 4.69) is 15.7 Å². The Morgan fingerprint density at radius 2 is 2.00 bits per heavy atom. The van der Waals surface area contributed by atoms with E-state index in [0.717, 1.165) is 11.3 Å². The van der Waals surface area contributed by atoms with Crippen molar-refractivity contribution < 1.29 is 9.90 Å². The van der Waals surface area contributed by atoms with Gasteiger partial charge in [-0.15, -0.1) is 0 Å². The molecule has 3 rings (SSSR count). The number of nitrogens with one attached hydrogen (secondary N) is 2. The number of aliphatic hydroxyl groups excluding tert-OH is 1. The Hall–Kier alpha value is -2.34. The van der Waals surface area contributed by atoms with E-state index in [1.807, 2.05) is 47.3 Å². The summed E-state index contributed by atoms with van der Waals surface area (Å²) in [5.74, 6) is 0. The number of nitrogens with zero attached hydrogens (tertiary/aromatic N) is 2. The summed E-state index contributed by atoms with van der Waals surface area (Å²) in [6.45, 7) is 0.228. The number of carbonyl (C=O) groups is 1. The molecule has 0 unspecified atom stereocenters. The molecule has 3 N–H and O–H groups in total. The minimum Gasteiger partial charge on any atom is -0.394 e.